The van der Waals surface area contributed by atoms with Crippen LogP contribution in [-0.2, 0) is 11.3 Å². The number of nitrogens with zero attached hydrogens (tertiary/aromatic N) is 1. The zero-order valence-electron chi connectivity index (χ0n) is 11.3. The summed E-state index contributed by atoms with van der Waals surface area (Å²) in [5.41, 5.74) is 0.489. The quantitative estimate of drug-likeness (QED) is 0.923. The van der Waals surface area contributed by atoms with E-state index in [9.17, 15) is 13.6 Å². The number of likely N-dealkylation sites (tertiary alicyclic amines) is 1. The molecule has 1 unspecified atom stereocenters. The van der Waals surface area contributed by atoms with Gasteiger partial charge in [-0.1, -0.05) is 6.07 Å². The summed E-state index contributed by atoms with van der Waals surface area (Å²) >= 11 is 0. The highest BCUT2D eigenvalue weighted by Gasteiger charge is 2.20. The highest BCUT2D eigenvalue weighted by atomic mass is 19.1. The molecule has 110 valence electrons. The van der Waals surface area contributed by atoms with Crippen molar-refractivity contribution in [3.05, 3.63) is 35.4 Å². The fourth-order valence-electron chi connectivity index (χ4n) is 2.72. The van der Waals surface area contributed by atoms with Gasteiger partial charge in [0.15, 0.2) is 0 Å². The number of carbonyl (C=O) groups is 1. The fourth-order valence-corrected chi connectivity index (χ4v) is 2.72. The van der Waals surface area contributed by atoms with Gasteiger partial charge in [-0.25, -0.2) is 8.78 Å². The molecule has 1 aliphatic heterocycles. The van der Waals surface area contributed by atoms with Crippen LogP contribution in [0.25, 0.3) is 0 Å². The molecule has 1 aromatic rings. The molecular weight excluding hydrogens is 264 g/mol. The van der Waals surface area contributed by atoms with Crippen molar-refractivity contribution in [2.75, 3.05) is 13.1 Å². The molecule has 1 aliphatic rings. The first-order chi connectivity index (χ1) is 9.54. The standard InChI is InChI=1S/C15H19F2NO2/c16-13-4-3-12(14(17)9-13)10-18-6-1-2-11(5-7-18)8-15(19)20/h3-4,9,11H,1-2,5-8,10H2,(H,19,20). The number of carboxylic acid groups (broad SMARTS) is 1. The lowest BCUT2D eigenvalue weighted by atomic mass is 9.97. The molecule has 0 aliphatic carbocycles. The molecule has 1 N–H and O–H groups in total. The summed E-state index contributed by atoms with van der Waals surface area (Å²) in [5, 5.41) is 8.82. The highest BCUT2D eigenvalue weighted by Crippen LogP contribution is 2.22. The van der Waals surface area contributed by atoms with Gasteiger partial charge in [-0.3, -0.25) is 9.69 Å². The second-order valence-corrected chi connectivity index (χ2v) is 5.41. The van der Waals surface area contributed by atoms with E-state index in [1.165, 1.54) is 12.1 Å². The van der Waals surface area contributed by atoms with E-state index in [2.05, 4.69) is 4.90 Å². The third-order valence-electron chi connectivity index (χ3n) is 3.81. The summed E-state index contributed by atoms with van der Waals surface area (Å²) in [7, 11) is 0. The largest absolute Gasteiger partial charge is 0.481 e. The minimum atomic E-state index is -0.756. The van der Waals surface area contributed by atoms with E-state index in [0.717, 1.165) is 38.4 Å². The molecule has 2 rings (SSSR count). The van der Waals surface area contributed by atoms with Crippen molar-refractivity contribution in [3.63, 3.8) is 0 Å². The van der Waals surface area contributed by atoms with E-state index in [1.807, 2.05) is 0 Å². The van der Waals surface area contributed by atoms with Crippen LogP contribution in [-0.4, -0.2) is 29.1 Å². The van der Waals surface area contributed by atoms with Crippen molar-refractivity contribution >= 4 is 5.97 Å². The summed E-state index contributed by atoms with van der Waals surface area (Å²) < 4.78 is 26.5. The lowest BCUT2D eigenvalue weighted by molar-refractivity contribution is -0.138. The normalized spacial score (nSPS) is 20.6. The Balaban J connectivity index is 1.92. The molecule has 0 saturated carbocycles. The van der Waals surface area contributed by atoms with Crippen molar-refractivity contribution in [2.24, 2.45) is 5.92 Å². The van der Waals surface area contributed by atoms with Gasteiger partial charge in [-0.2, -0.15) is 0 Å². The third kappa shape index (κ3) is 4.27. The van der Waals surface area contributed by atoms with Gasteiger partial charge in [0, 0.05) is 24.6 Å². The molecule has 0 bridgehead atoms. The summed E-state index contributed by atoms with van der Waals surface area (Å²) in [4.78, 5) is 12.8. The summed E-state index contributed by atoms with van der Waals surface area (Å²) in [6.07, 6.45) is 2.84. The van der Waals surface area contributed by atoms with Gasteiger partial charge in [0.05, 0.1) is 0 Å². The summed E-state index contributed by atoms with van der Waals surface area (Å²) in [6.45, 7) is 2.04. The van der Waals surface area contributed by atoms with Gasteiger partial charge in [0.2, 0.25) is 0 Å². The SMILES string of the molecule is O=C(O)CC1CCCN(Cc2ccc(F)cc2F)CC1. The Labute approximate surface area is 117 Å². The van der Waals surface area contributed by atoms with Crippen LogP contribution < -0.4 is 0 Å². The van der Waals surface area contributed by atoms with E-state index < -0.39 is 17.6 Å². The maximum absolute atomic E-state index is 13.6. The first kappa shape index (κ1) is 14.9. The van der Waals surface area contributed by atoms with Crippen LogP contribution in [0.1, 0.15) is 31.2 Å². The summed E-state index contributed by atoms with van der Waals surface area (Å²) in [5.74, 6) is -1.64. The van der Waals surface area contributed by atoms with E-state index in [-0.39, 0.29) is 12.3 Å². The van der Waals surface area contributed by atoms with E-state index >= 15 is 0 Å². The van der Waals surface area contributed by atoms with Crippen LogP contribution in [0, 0.1) is 17.6 Å². The smallest absolute Gasteiger partial charge is 0.303 e. The topological polar surface area (TPSA) is 40.5 Å². The molecule has 1 aromatic carbocycles. The molecule has 0 spiro atoms. The Bertz CT molecular complexity index is 479. The molecule has 0 amide bonds. The lowest BCUT2D eigenvalue weighted by Gasteiger charge is -2.20. The minimum Gasteiger partial charge on any atom is -0.481 e. The van der Waals surface area contributed by atoms with Gasteiger partial charge < -0.3 is 5.11 Å². The highest BCUT2D eigenvalue weighted by molar-refractivity contribution is 5.67. The maximum atomic E-state index is 13.6. The predicted molar refractivity (Wildman–Crippen MR) is 71.2 cm³/mol. The van der Waals surface area contributed by atoms with Crippen molar-refractivity contribution in [3.8, 4) is 0 Å². The van der Waals surface area contributed by atoms with E-state index in [0.29, 0.717) is 12.1 Å². The van der Waals surface area contributed by atoms with Crippen LogP contribution >= 0.6 is 0 Å². The monoisotopic (exact) mass is 283 g/mol. The van der Waals surface area contributed by atoms with Crippen LogP contribution in [0.5, 0.6) is 0 Å². The second-order valence-electron chi connectivity index (χ2n) is 5.41. The third-order valence-corrected chi connectivity index (χ3v) is 3.81. The number of halogens is 2. The van der Waals surface area contributed by atoms with Gasteiger partial charge in [-0.05, 0) is 44.3 Å². The molecule has 5 heteroatoms. The minimum absolute atomic E-state index is 0.204. The van der Waals surface area contributed by atoms with Crippen LogP contribution in [0.2, 0.25) is 0 Å². The molecule has 0 radical (unpaired) electrons. The Morgan fingerprint density at radius 1 is 1.30 bits per heavy atom. The zero-order chi connectivity index (χ0) is 14.5. The van der Waals surface area contributed by atoms with Gasteiger partial charge in [-0.15, -0.1) is 0 Å². The first-order valence-electron chi connectivity index (χ1n) is 6.92. The average molecular weight is 283 g/mol. The van der Waals surface area contributed by atoms with E-state index in [4.69, 9.17) is 5.11 Å². The number of benzene rings is 1. The van der Waals surface area contributed by atoms with Gasteiger partial charge in [0.25, 0.3) is 0 Å². The van der Waals surface area contributed by atoms with Crippen molar-refractivity contribution in [1.29, 1.82) is 0 Å². The van der Waals surface area contributed by atoms with Crippen LogP contribution in [0.15, 0.2) is 18.2 Å². The second kappa shape index (κ2) is 6.79. The zero-order valence-corrected chi connectivity index (χ0v) is 11.3. The molecule has 1 atom stereocenters. The Kier molecular flexibility index (Phi) is 5.06. The number of hydrogen-bond acceptors (Lipinski definition) is 2. The van der Waals surface area contributed by atoms with Crippen LogP contribution in [0.3, 0.4) is 0 Å². The number of rotatable bonds is 4. The molecule has 1 fully saturated rings. The van der Waals surface area contributed by atoms with Crippen LogP contribution in [0.4, 0.5) is 8.78 Å². The Morgan fingerprint density at radius 2 is 2.10 bits per heavy atom. The van der Waals surface area contributed by atoms with E-state index in [1.54, 1.807) is 0 Å². The molecule has 1 saturated heterocycles. The molecule has 1 heterocycles. The molecule has 3 nitrogen and oxygen atoms in total. The number of aliphatic carboxylic acids is 1. The predicted octanol–water partition coefficient (Wildman–Crippen LogP) is 3.04. The van der Waals surface area contributed by atoms with Crippen molar-refractivity contribution < 1.29 is 18.7 Å². The Hall–Kier alpha value is -1.49. The van der Waals surface area contributed by atoms with Gasteiger partial charge >= 0.3 is 5.97 Å². The molecule has 0 aromatic heterocycles. The number of hydrogen-bond donors (Lipinski definition) is 1. The van der Waals surface area contributed by atoms with Crippen molar-refractivity contribution in [1.82, 2.24) is 4.90 Å². The van der Waals surface area contributed by atoms with Crippen molar-refractivity contribution in [2.45, 2.75) is 32.2 Å². The lowest BCUT2D eigenvalue weighted by Crippen LogP contribution is -2.25. The first-order valence-corrected chi connectivity index (χ1v) is 6.92. The average Bonchev–Trinajstić information content (AvgIpc) is 2.58. The fraction of sp³-hybridized carbons (Fsp3) is 0.533. The molecule has 20 heavy (non-hydrogen) atoms. The molecular formula is C15H19F2NO2. The summed E-state index contributed by atoms with van der Waals surface area (Å²) in [6, 6.07) is 3.65. The Morgan fingerprint density at radius 3 is 2.80 bits per heavy atom. The van der Waals surface area contributed by atoms with Gasteiger partial charge in [0.1, 0.15) is 11.6 Å². The number of carboxylic acids is 1. The maximum Gasteiger partial charge on any atom is 0.303 e.